The third-order valence-electron chi connectivity index (χ3n) is 4.08. The molecule has 2 fully saturated rings. The van der Waals surface area contributed by atoms with Crippen molar-refractivity contribution in [1.82, 2.24) is 15.1 Å². The highest BCUT2D eigenvalue weighted by atomic mass is 32.2. The van der Waals surface area contributed by atoms with E-state index in [4.69, 9.17) is 4.74 Å². The van der Waals surface area contributed by atoms with Gasteiger partial charge in [-0.15, -0.1) is 0 Å². The van der Waals surface area contributed by atoms with Gasteiger partial charge in [-0.2, -0.15) is 5.10 Å². The lowest BCUT2D eigenvalue weighted by Crippen LogP contribution is -2.45. The predicted molar refractivity (Wildman–Crippen MR) is 75.7 cm³/mol. The molecule has 0 bridgehead atoms. The monoisotopic (exact) mass is 313 g/mol. The highest BCUT2D eigenvalue weighted by molar-refractivity contribution is 7.91. The molecular weight excluding hydrogens is 294 g/mol. The molecule has 2 unspecified atom stereocenters. The minimum atomic E-state index is -3.03. The molecule has 0 spiro atoms. The van der Waals surface area contributed by atoms with E-state index in [2.05, 4.69) is 10.2 Å². The van der Waals surface area contributed by atoms with Crippen LogP contribution in [0.4, 0.5) is 0 Å². The number of aromatic nitrogens is 2. The van der Waals surface area contributed by atoms with Gasteiger partial charge in [0.2, 0.25) is 0 Å². The molecule has 3 rings (SSSR count). The van der Waals surface area contributed by atoms with E-state index in [-0.39, 0.29) is 29.6 Å². The summed E-state index contributed by atoms with van der Waals surface area (Å²) < 4.78 is 29.0. The van der Waals surface area contributed by atoms with Gasteiger partial charge in [0.25, 0.3) is 5.91 Å². The number of H-pyrrole nitrogens is 1. The van der Waals surface area contributed by atoms with Gasteiger partial charge in [0, 0.05) is 25.4 Å². The normalized spacial score (nSPS) is 27.8. The molecule has 3 heterocycles. The number of ether oxygens (including phenoxy) is 1. The minimum Gasteiger partial charge on any atom is -0.376 e. The standard InChI is InChI=1S/C13H19N3O4S/c17-13(10-6-14-15-7-10)16(8-12-2-1-4-20-12)11-3-5-21(18,19)9-11/h6-7,11-12H,1-5,8-9H2,(H,14,15). The molecule has 7 nitrogen and oxygen atoms in total. The number of carbonyl (C=O) groups excluding carboxylic acids is 1. The number of hydrogen-bond acceptors (Lipinski definition) is 5. The van der Waals surface area contributed by atoms with Crippen molar-refractivity contribution in [1.29, 1.82) is 0 Å². The summed E-state index contributed by atoms with van der Waals surface area (Å²) in [6, 6.07) is -0.262. The average Bonchev–Trinajstić information content (AvgIpc) is 3.16. The van der Waals surface area contributed by atoms with Gasteiger partial charge in [-0.25, -0.2) is 8.42 Å². The summed E-state index contributed by atoms with van der Waals surface area (Å²) in [5, 5.41) is 6.41. The fourth-order valence-electron chi connectivity index (χ4n) is 2.96. The number of sulfone groups is 1. The van der Waals surface area contributed by atoms with E-state index in [9.17, 15) is 13.2 Å². The molecule has 8 heteroatoms. The number of hydrogen-bond donors (Lipinski definition) is 1. The highest BCUT2D eigenvalue weighted by Gasteiger charge is 2.36. The van der Waals surface area contributed by atoms with E-state index in [1.165, 1.54) is 12.4 Å². The fourth-order valence-corrected chi connectivity index (χ4v) is 4.69. The van der Waals surface area contributed by atoms with Gasteiger partial charge in [-0.1, -0.05) is 0 Å². The highest BCUT2D eigenvalue weighted by Crippen LogP contribution is 2.23. The van der Waals surface area contributed by atoms with Crippen molar-refractivity contribution in [3.63, 3.8) is 0 Å². The van der Waals surface area contributed by atoms with E-state index in [1.54, 1.807) is 4.90 Å². The second-order valence-electron chi connectivity index (χ2n) is 5.64. The van der Waals surface area contributed by atoms with E-state index in [0.717, 1.165) is 12.8 Å². The van der Waals surface area contributed by atoms with Gasteiger partial charge in [0.15, 0.2) is 9.84 Å². The topological polar surface area (TPSA) is 92.4 Å². The van der Waals surface area contributed by atoms with Gasteiger partial charge < -0.3 is 9.64 Å². The van der Waals surface area contributed by atoms with Crippen molar-refractivity contribution in [2.45, 2.75) is 31.4 Å². The van der Waals surface area contributed by atoms with Gasteiger partial charge in [0.05, 0.1) is 29.4 Å². The van der Waals surface area contributed by atoms with Crippen LogP contribution in [0.3, 0.4) is 0 Å². The van der Waals surface area contributed by atoms with Crippen molar-refractivity contribution in [3.05, 3.63) is 18.0 Å². The average molecular weight is 313 g/mol. The molecule has 1 aromatic rings. The Morgan fingerprint density at radius 2 is 2.33 bits per heavy atom. The molecule has 2 atom stereocenters. The van der Waals surface area contributed by atoms with Gasteiger partial charge in [0.1, 0.15) is 0 Å². The van der Waals surface area contributed by atoms with Crippen molar-refractivity contribution in [2.75, 3.05) is 24.7 Å². The Morgan fingerprint density at radius 1 is 1.48 bits per heavy atom. The lowest BCUT2D eigenvalue weighted by atomic mass is 10.1. The zero-order chi connectivity index (χ0) is 14.9. The Balaban J connectivity index is 1.78. The number of nitrogens with one attached hydrogen (secondary N) is 1. The number of nitrogens with zero attached hydrogens (tertiary/aromatic N) is 2. The minimum absolute atomic E-state index is 0.00385. The smallest absolute Gasteiger partial charge is 0.257 e. The van der Waals surface area contributed by atoms with Gasteiger partial charge >= 0.3 is 0 Å². The number of rotatable bonds is 4. The maximum Gasteiger partial charge on any atom is 0.257 e. The van der Waals surface area contributed by atoms with Crippen LogP contribution in [0, 0.1) is 0 Å². The van der Waals surface area contributed by atoms with Crippen molar-refractivity contribution < 1.29 is 17.9 Å². The molecule has 1 amide bonds. The summed E-state index contributed by atoms with van der Waals surface area (Å²) in [6.07, 6.45) is 5.40. The molecule has 1 aromatic heterocycles. The first-order valence-corrected chi connectivity index (χ1v) is 8.99. The Bertz CT molecular complexity index is 593. The molecule has 21 heavy (non-hydrogen) atoms. The van der Waals surface area contributed by atoms with Crippen LogP contribution in [-0.2, 0) is 14.6 Å². The first-order chi connectivity index (χ1) is 10.1. The summed E-state index contributed by atoms with van der Waals surface area (Å²) >= 11 is 0. The van der Waals surface area contributed by atoms with E-state index >= 15 is 0 Å². The summed E-state index contributed by atoms with van der Waals surface area (Å²) in [5.41, 5.74) is 0.456. The first-order valence-electron chi connectivity index (χ1n) is 7.17. The van der Waals surface area contributed by atoms with Gasteiger partial charge in [-0.05, 0) is 19.3 Å². The van der Waals surface area contributed by atoms with Crippen LogP contribution in [-0.4, -0.2) is 66.2 Å². The molecule has 0 radical (unpaired) electrons. The van der Waals surface area contributed by atoms with E-state index < -0.39 is 9.84 Å². The zero-order valence-corrected chi connectivity index (χ0v) is 12.5. The summed E-state index contributed by atoms with van der Waals surface area (Å²) in [7, 11) is -3.03. The molecule has 0 aromatic carbocycles. The largest absolute Gasteiger partial charge is 0.376 e. The summed E-state index contributed by atoms with van der Waals surface area (Å²) in [4.78, 5) is 14.3. The summed E-state index contributed by atoms with van der Waals surface area (Å²) in [5.74, 6) is 0.0168. The lowest BCUT2D eigenvalue weighted by Gasteiger charge is -2.30. The lowest BCUT2D eigenvalue weighted by molar-refractivity contribution is 0.0441. The van der Waals surface area contributed by atoms with Crippen LogP contribution in [0.1, 0.15) is 29.6 Å². The Hall–Kier alpha value is -1.41. The van der Waals surface area contributed by atoms with Crippen molar-refractivity contribution in [2.24, 2.45) is 0 Å². The third kappa shape index (κ3) is 3.26. The molecule has 1 N–H and O–H groups in total. The maximum atomic E-state index is 12.6. The predicted octanol–water partition coefficient (Wildman–Crippen LogP) is 0.218. The quantitative estimate of drug-likeness (QED) is 0.858. The Kier molecular flexibility index (Phi) is 3.99. The zero-order valence-electron chi connectivity index (χ0n) is 11.7. The van der Waals surface area contributed by atoms with Crippen LogP contribution in [0.2, 0.25) is 0 Å². The second-order valence-corrected chi connectivity index (χ2v) is 7.87. The van der Waals surface area contributed by atoms with Crippen molar-refractivity contribution in [3.8, 4) is 0 Å². The number of carbonyl (C=O) groups is 1. The summed E-state index contributed by atoms with van der Waals surface area (Å²) in [6.45, 7) is 1.16. The van der Waals surface area contributed by atoms with Crippen LogP contribution in [0.25, 0.3) is 0 Å². The SMILES string of the molecule is O=C(c1cn[nH]c1)N(CC1CCCO1)C1CCS(=O)(=O)C1. The van der Waals surface area contributed by atoms with Crippen LogP contribution in [0.15, 0.2) is 12.4 Å². The molecule has 0 saturated carbocycles. The number of aromatic amines is 1. The fraction of sp³-hybridized carbons (Fsp3) is 0.692. The Labute approximate surface area is 123 Å². The second kappa shape index (κ2) is 5.76. The molecule has 2 aliphatic heterocycles. The molecule has 2 aliphatic rings. The number of amides is 1. The van der Waals surface area contributed by atoms with Crippen LogP contribution in [0.5, 0.6) is 0 Å². The molecule has 0 aliphatic carbocycles. The third-order valence-corrected chi connectivity index (χ3v) is 5.83. The van der Waals surface area contributed by atoms with E-state index in [0.29, 0.717) is 25.1 Å². The van der Waals surface area contributed by atoms with Crippen LogP contribution >= 0.6 is 0 Å². The maximum absolute atomic E-state index is 12.6. The van der Waals surface area contributed by atoms with E-state index in [1.807, 2.05) is 0 Å². The van der Waals surface area contributed by atoms with Crippen molar-refractivity contribution >= 4 is 15.7 Å². The first kappa shape index (κ1) is 14.5. The van der Waals surface area contributed by atoms with Gasteiger partial charge in [-0.3, -0.25) is 9.89 Å². The molecule has 2 saturated heterocycles. The molecule has 116 valence electrons. The Morgan fingerprint density at radius 3 is 2.90 bits per heavy atom. The molecular formula is C13H19N3O4S. The van der Waals surface area contributed by atoms with Crippen LogP contribution < -0.4 is 0 Å².